The molecule has 424 valence electrons. The van der Waals surface area contributed by atoms with Crippen LogP contribution >= 0.6 is 16.0 Å². The van der Waals surface area contributed by atoms with Gasteiger partial charge in [0.2, 0.25) is 20.0 Å². The van der Waals surface area contributed by atoms with Crippen molar-refractivity contribution in [3.8, 4) is 0 Å². The molecule has 0 aromatic heterocycles. The normalized spacial score (nSPS) is 17.7. The van der Waals surface area contributed by atoms with Crippen molar-refractivity contribution in [1.82, 2.24) is 19.2 Å². The summed E-state index contributed by atoms with van der Waals surface area (Å²) in [6.07, 6.45) is -3.19. The van der Waals surface area contributed by atoms with Gasteiger partial charge in [0.25, 0.3) is 0 Å². The Morgan fingerprint density at radius 2 is 1.12 bits per heavy atom. The number of carbonyl (C=O) groups excluding carboxylic acids is 2. The van der Waals surface area contributed by atoms with Gasteiger partial charge in [0.05, 0.1) is 54.4 Å². The summed E-state index contributed by atoms with van der Waals surface area (Å²) >= 11 is 0. The van der Waals surface area contributed by atoms with E-state index >= 15 is 0 Å². The number of hydrogen-bond acceptors (Lipinski definition) is 15. The summed E-state index contributed by atoms with van der Waals surface area (Å²) in [6.45, 7) is 8.52. The van der Waals surface area contributed by atoms with Gasteiger partial charge in [-0.15, -0.1) is 9.42 Å². The second kappa shape index (κ2) is 29.7. The lowest BCUT2D eigenvalue weighted by Gasteiger charge is -2.30. The maximum absolute atomic E-state index is 13.8. The molecule has 6 rings (SSSR count). The number of aliphatic hydroxyl groups is 1. The second-order valence-corrected chi connectivity index (χ2v) is 25.2. The monoisotopic (exact) mass is 1150 g/mol. The molecule has 0 bridgehead atoms. The summed E-state index contributed by atoms with van der Waals surface area (Å²) in [5, 5.41) is 18.6. The molecule has 0 radical (unpaired) electrons. The minimum Gasteiger partial charge on any atom is -0.444 e. The second-order valence-electron chi connectivity index (χ2n) is 19.3. The lowest BCUT2D eigenvalue weighted by atomic mass is 10.0. The molecule has 0 aliphatic carbocycles. The van der Waals surface area contributed by atoms with Crippen molar-refractivity contribution in [3.63, 3.8) is 0 Å². The molecule has 2 heterocycles. The molecule has 2 aliphatic heterocycles. The van der Waals surface area contributed by atoms with Gasteiger partial charge in [-0.25, -0.2) is 31.0 Å². The molecular formula is C50H71N6O17P2S2+. The standard InChI is InChI=1S/C25H35N3O11P2S.C25H35N3O6S/c1-18(2)15-28(42(35,36)22-10-8-20(9-11-22)27-41(32,33)34)16-24(39-40(30)31)23(14-19-6-4-3-5-7-19)26-25(29)38-21-12-13-37-17-21;1-18(2)15-28(35(31,32)22-10-8-20(26)9-11-22)16-24(29)23(14-19-6-4-3-5-7-19)27-25(30)34-21-12-13-33-17-21/h3-11,18,21,23-24H,12-17H2,1-2H3,(H4-,26,27,29,30,31,32,33,34);3-11,18,21,23-24,29H,12-17,26H2,1-2H3,(H,27,30)/p+1/t2*21-,23-,24+/m00/s1. The summed E-state index contributed by atoms with van der Waals surface area (Å²) in [7, 11) is -16.0. The summed E-state index contributed by atoms with van der Waals surface area (Å²) in [5.41, 5.74) is 7.82. The van der Waals surface area contributed by atoms with Crippen molar-refractivity contribution in [2.45, 2.75) is 99.7 Å². The number of sulfonamides is 2. The number of alkyl carbamates (subject to hydrolysis) is 2. The number of nitrogen functional groups attached to an aromatic ring is 1. The van der Waals surface area contributed by atoms with Gasteiger partial charge >= 0.3 is 28.2 Å². The number of benzene rings is 4. The van der Waals surface area contributed by atoms with Crippen LogP contribution < -0.4 is 21.5 Å². The van der Waals surface area contributed by atoms with Gasteiger partial charge < -0.3 is 50.2 Å². The predicted octanol–water partition coefficient (Wildman–Crippen LogP) is 5.40. The Hall–Kier alpha value is -5.11. The molecule has 2 aliphatic rings. The van der Waals surface area contributed by atoms with Crippen LogP contribution in [0.3, 0.4) is 0 Å². The van der Waals surface area contributed by atoms with Gasteiger partial charge in [-0.05, 0) is 84.3 Å². The predicted molar refractivity (Wildman–Crippen MR) is 286 cm³/mol. The van der Waals surface area contributed by atoms with Gasteiger partial charge in [0.1, 0.15) is 12.2 Å². The van der Waals surface area contributed by atoms with Gasteiger partial charge in [0.15, 0.2) is 6.10 Å². The third-order valence-corrected chi connectivity index (χ3v) is 16.6. The van der Waals surface area contributed by atoms with Crippen molar-refractivity contribution in [2.24, 2.45) is 11.8 Å². The number of anilines is 2. The van der Waals surface area contributed by atoms with Crippen LogP contribution in [0.1, 0.15) is 51.7 Å². The van der Waals surface area contributed by atoms with Crippen LogP contribution in [0.5, 0.6) is 0 Å². The van der Waals surface area contributed by atoms with E-state index in [1.54, 1.807) is 44.2 Å². The Labute approximate surface area is 451 Å². The molecule has 7 atom stereocenters. The minimum atomic E-state index is -4.61. The number of ether oxygens (including phenoxy) is 4. The first-order chi connectivity index (χ1) is 36.4. The van der Waals surface area contributed by atoms with E-state index in [1.807, 2.05) is 49.3 Å². The molecule has 2 amide bonds. The van der Waals surface area contributed by atoms with Crippen molar-refractivity contribution >= 4 is 59.6 Å². The van der Waals surface area contributed by atoms with Crippen LogP contribution in [0.25, 0.3) is 0 Å². The van der Waals surface area contributed by atoms with Crippen LogP contribution in [0.2, 0.25) is 0 Å². The SMILES string of the molecule is CC(C)CN(C[C@@H](O)[C@H](Cc1ccccc1)NC(=O)O[C@H]1CCOC1)S(=O)(=O)c1ccc(N)cc1.CC(C)CN(C[C@@H](O[P+](=O)O)[C@H](Cc1ccccc1)NC(=O)O[C@H]1CCOC1)S(=O)(=O)c1ccc(NP(=O)(O)O)cc1. The molecule has 2 saturated heterocycles. The lowest BCUT2D eigenvalue weighted by molar-refractivity contribution is 0.0643. The summed E-state index contributed by atoms with van der Waals surface area (Å²) in [5.74, 6) is -0.162. The van der Waals surface area contributed by atoms with Gasteiger partial charge in [0, 0.05) is 55.0 Å². The van der Waals surface area contributed by atoms with Crippen LogP contribution in [0, 0.1) is 11.8 Å². The molecule has 4 aromatic rings. The van der Waals surface area contributed by atoms with Crippen LogP contribution in [-0.4, -0.2) is 147 Å². The van der Waals surface area contributed by atoms with Gasteiger partial charge in [-0.3, -0.25) is 5.09 Å². The molecule has 9 N–H and O–H groups in total. The van der Waals surface area contributed by atoms with E-state index in [2.05, 4.69) is 10.6 Å². The number of nitrogens with one attached hydrogen (secondary N) is 3. The number of nitrogens with two attached hydrogens (primary N) is 1. The highest BCUT2D eigenvalue weighted by Crippen LogP contribution is 2.36. The van der Waals surface area contributed by atoms with E-state index in [0.29, 0.717) is 44.8 Å². The topological polar surface area (TPSA) is 332 Å². The molecule has 0 spiro atoms. The number of nitrogens with zero attached hydrogens (tertiary/aromatic N) is 2. The number of carbonyl (C=O) groups is 2. The largest absolute Gasteiger partial charge is 0.695 e. The van der Waals surface area contributed by atoms with E-state index in [9.17, 15) is 45.6 Å². The van der Waals surface area contributed by atoms with E-state index in [4.69, 9.17) is 39.0 Å². The molecule has 2 fully saturated rings. The quantitative estimate of drug-likeness (QED) is 0.0288. The fourth-order valence-corrected chi connectivity index (χ4v) is 12.4. The fourth-order valence-electron chi connectivity index (χ4n) is 8.23. The molecule has 77 heavy (non-hydrogen) atoms. The van der Waals surface area contributed by atoms with Crippen molar-refractivity contribution < 1.29 is 78.8 Å². The highest BCUT2D eigenvalue weighted by atomic mass is 32.2. The van der Waals surface area contributed by atoms with Crippen molar-refractivity contribution in [2.75, 3.05) is 63.4 Å². The van der Waals surface area contributed by atoms with Crippen LogP contribution in [0.15, 0.2) is 119 Å². The molecule has 1 unspecified atom stereocenters. The van der Waals surface area contributed by atoms with E-state index < -0.39 is 85.2 Å². The number of rotatable bonds is 26. The Bertz CT molecular complexity index is 2750. The lowest BCUT2D eigenvalue weighted by Crippen LogP contribution is -2.52. The molecular weight excluding hydrogens is 1080 g/mol. The van der Waals surface area contributed by atoms with Gasteiger partial charge in [-0.1, -0.05) is 88.4 Å². The zero-order chi connectivity index (χ0) is 56.3. The Kier molecular flexibility index (Phi) is 24.2. The zero-order valence-corrected chi connectivity index (χ0v) is 46.7. The van der Waals surface area contributed by atoms with E-state index in [0.717, 1.165) is 15.4 Å². The summed E-state index contributed by atoms with van der Waals surface area (Å²) in [4.78, 5) is 53.3. The third kappa shape index (κ3) is 21.2. The highest BCUT2D eigenvalue weighted by molar-refractivity contribution is 7.89. The Morgan fingerprint density at radius 1 is 0.688 bits per heavy atom. The Balaban J connectivity index is 0.000000289. The third-order valence-electron chi connectivity index (χ3n) is 11.9. The van der Waals surface area contributed by atoms with Crippen LogP contribution in [-0.2, 0) is 65.5 Å². The molecule has 27 heteroatoms. The average Bonchev–Trinajstić information content (AvgIpc) is 4.08. The molecule has 0 saturated carbocycles. The van der Waals surface area contributed by atoms with Crippen LogP contribution in [0.4, 0.5) is 21.0 Å². The number of amides is 2. The molecule has 4 aromatic carbocycles. The molecule has 23 nitrogen and oxygen atoms in total. The zero-order valence-electron chi connectivity index (χ0n) is 43.3. The van der Waals surface area contributed by atoms with Crippen molar-refractivity contribution in [3.05, 3.63) is 120 Å². The summed E-state index contributed by atoms with van der Waals surface area (Å²) < 4.78 is 106. The summed E-state index contributed by atoms with van der Waals surface area (Å²) in [6, 6.07) is 27.3. The Morgan fingerprint density at radius 3 is 1.53 bits per heavy atom. The fraction of sp³-hybridized carbons (Fsp3) is 0.480. The van der Waals surface area contributed by atoms with Crippen molar-refractivity contribution in [1.29, 1.82) is 0 Å². The maximum Gasteiger partial charge on any atom is 0.695 e. The minimum absolute atomic E-state index is 0.00515. The number of hydrogen-bond donors (Lipinski definition) is 8. The van der Waals surface area contributed by atoms with Gasteiger partial charge in [-0.2, -0.15) is 8.61 Å². The average molecular weight is 1150 g/mol. The van der Waals surface area contributed by atoms with E-state index in [-0.39, 0.29) is 66.1 Å². The maximum atomic E-state index is 13.8. The first kappa shape index (κ1) is 62.7. The highest BCUT2D eigenvalue weighted by Gasteiger charge is 2.39. The first-order valence-corrected chi connectivity index (χ1v) is 30.5. The number of aliphatic hydroxyl groups excluding tert-OH is 1. The first-order valence-electron chi connectivity index (χ1n) is 24.9. The smallest absolute Gasteiger partial charge is 0.444 e. The van der Waals surface area contributed by atoms with E-state index in [1.165, 1.54) is 52.8 Å².